The average Bonchev–Trinajstić information content (AvgIpc) is 2.60. The van der Waals surface area contributed by atoms with E-state index in [1.807, 2.05) is 17.8 Å². The second-order valence-electron chi connectivity index (χ2n) is 3.27. The van der Waals surface area contributed by atoms with E-state index in [2.05, 4.69) is 30.8 Å². The number of benzene rings is 1. The van der Waals surface area contributed by atoms with Crippen molar-refractivity contribution in [2.75, 3.05) is 5.75 Å². The highest BCUT2D eigenvalue weighted by Crippen LogP contribution is 2.40. The molecule has 2 heteroatoms. The highest BCUT2D eigenvalue weighted by atomic mass is 32.2. The Morgan fingerprint density at radius 1 is 1.54 bits per heavy atom. The molecule has 13 heavy (non-hydrogen) atoms. The zero-order chi connectivity index (χ0) is 9.26. The number of fused-ring (bicyclic) bond motifs is 1. The van der Waals surface area contributed by atoms with Crippen LogP contribution in [0.4, 0.5) is 0 Å². The van der Waals surface area contributed by atoms with Gasteiger partial charge in [-0.25, -0.2) is 0 Å². The van der Waals surface area contributed by atoms with Gasteiger partial charge in [0, 0.05) is 22.6 Å². The lowest BCUT2D eigenvalue weighted by atomic mass is 9.94. The lowest BCUT2D eigenvalue weighted by Crippen LogP contribution is -2.25. The van der Waals surface area contributed by atoms with Crippen molar-refractivity contribution in [1.82, 2.24) is 0 Å². The van der Waals surface area contributed by atoms with E-state index in [1.165, 1.54) is 10.5 Å². The van der Waals surface area contributed by atoms with Crippen LogP contribution in [-0.2, 0) is 0 Å². The van der Waals surface area contributed by atoms with Crippen molar-refractivity contribution in [3.8, 4) is 0 Å². The van der Waals surface area contributed by atoms with Gasteiger partial charge in [0.2, 0.25) is 0 Å². The second-order valence-corrected chi connectivity index (χ2v) is 4.33. The molecule has 2 unspecified atom stereocenters. The zero-order valence-electron chi connectivity index (χ0n) is 7.44. The molecule has 1 aromatic carbocycles. The summed E-state index contributed by atoms with van der Waals surface area (Å²) in [6.07, 6.45) is 1.84. The molecule has 0 spiro atoms. The molecule has 0 radical (unpaired) electrons. The summed E-state index contributed by atoms with van der Waals surface area (Å²) in [7, 11) is 0. The molecule has 0 bridgehead atoms. The summed E-state index contributed by atoms with van der Waals surface area (Å²) in [5.74, 6) is 1.55. The Balaban J connectivity index is 2.33. The first-order valence-electron chi connectivity index (χ1n) is 4.43. The fraction of sp³-hybridized carbons (Fsp3) is 0.273. The minimum absolute atomic E-state index is 0.0937. The van der Waals surface area contributed by atoms with Crippen LogP contribution < -0.4 is 5.73 Å². The summed E-state index contributed by atoms with van der Waals surface area (Å²) in [5.41, 5.74) is 7.35. The third-order valence-corrected chi connectivity index (χ3v) is 3.68. The topological polar surface area (TPSA) is 26.0 Å². The van der Waals surface area contributed by atoms with Crippen LogP contribution >= 0.6 is 11.8 Å². The highest BCUT2D eigenvalue weighted by molar-refractivity contribution is 7.99. The highest BCUT2D eigenvalue weighted by Gasteiger charge is 2.25. The molecule has 1 nitrogen and oxygen atoms in total. The summed E-state index contributed by atoms with van der Waals surface area (Å²) in [4.78, 5) is 1.38. The lowest BCUT2D eigenvalue weighted by Gasteiger charge is -2.15. The Morgan fingerprint density at radius 2 is 2.31 bits per heavy atom. The molecule has 2 atom stereocenters. The first-order valence-corrected chi connectivity index (χ1v) is 5.41. The second kappa shape index (κ2) is 3.56. The molecule has 0 aliphatic carbocycles. The molecule has 0 saturated heterocycles. The molecule has 68 valence electrons. The normalized spacial score (nSPS) is 22.4. The number of hydrogen-bond acceptors (Lipinski definition) is 2. The summed E-state index contributed by atoms with van der Waals surface area (Å²) in [6, 6.07) is 8.58. The van der Waals surface area contributed by atoms with Crippen molar-refractivity contribution in [2.24, 2.45) is 5.73 Å². The summed E-state index contributed by atoms with van der Waals surface area (Å²) in [6.45, 7) is 3.74. The smallest absolute Gasteiger partial charge is 0.0299 e. The van der Waals surface area contributed by atoms with E-state index in [0.717, 1.165) is 5.75 Å². The van der Waals surface area contributed by atoms with Gasteiger partial charge in [0.05, 0.1) is 0 Å². The third kappa shape index (κ3) is 1.52. The molecule has 0 aromatic heterocycles. The quantitative estimate of drug-likeness (QED) is 0.726. The van der Waals surface area contributed by atoms with Crippen molar-refractivity contribution in [2.45, 2.75) is 16.9 Å². The molecular weight excluding hydrogens is 178 g/mol. The van der Waals surface area contributed by atoms with Crippen molar-refractivity contribution in [1.29, 1.82) is 0 Å². The van der Waals surface area contributed by atoms with Gasteiger partial charge in [0.25, 0.3) is 0 Å². The molecule has 1 heterocycles. The van der Waals surface area contributed by atoms with Crippen molar-refractivity contribution >= 4 is 11.8 Å². The average molecular weight is 191 g/mol. The van der Waals surface area contributed by atoms with Gasteiger partial charge in [0.15, 0.2) is 0 Å². The number of nitrogens with two attached hydrogens (primary N) is 1. The van der Waals surface area contributed by atoms with Crippen LogP contribution in [0, 0.1) is 0 Å². The minimum atomic E-state index is 0.0937. The molecule has 2 rings (SSSR count). The predicted molar refractivity (Wildman–Crippen MR) is 58.1 cm³/mol. The fourth-order valence-electron chi connectivity index (χ4n) is 1.67. The van der Waals surface area contributed by atoms with Gasteiger partial charge >= 0.3 is 0 Å². The van der Waals surface area contributed by atoms with E-state index in [4.69, 9.17) is 5.73 Å². The van der Waals surface area contributed by atoms with Crippen LogP contribution in [-0.4, -0.2) is 11.8 Å². The van der Waals surface area contributed by atoms with Gasteiger partial charge in [-0.3, -0.25) is 0 Å². The predicted octanol–water partition coefficient (Wildman–Crippen LogP) is 2.39. The van der Waals surface area contributed by atoms with Crippen LogP contribution in [0.1, 0.15) is 11.5 Å². The van der Waals surface area contributed by atoms with Gasteiger partial charge in [-0.15, -0.1) is 18.3 Å². The molecule has 0 saturated carbocycles. The molecule has 1 aliphatic rings. The van der Waals surface area contributed by atoms with Gasteiger partial charge in [-0.1, -0.05) is 24.3 Å². The standard InChI is InChI=1S/C11H13NS/c1-2-10(12)9-7-13-11-6-4-3-5-8(9)11/h2-6,9-10H,1,7,12H2. The van der Waals surface area contributed by atoms with E-state index in [9.17, 15) is 0 Å². The van der Waals surface area contributed by atoms with E-state index in [-0.39, 0.29) is 6.04 Å². The lowest BCUT2D eigenvalue weighted by molar-refractivity contribution is 0.676. The Labute approximate surface area is 83.0 Å². The van der Waals surface area contributed by atoms with Crippen LogP contribution in [0.3, 0.4) is 0 Å². The summed E-state index contributed by atoms with van der Waals surface area (Å²) >= 11 is 1.89. The Morgan fingerprint density at radius 3 is 3.08 bits per heavy atom. The van der Waals surface area contributed by atoms with E-state index >= 15 is 0 Å². The molecule has 0 fully saturated rings. The van der Waals surface area contributed by atoms with Gasteiger partial charge in [0.1, 0.15) is 0 Å². The van der Waals surface area contributed by atoms with Crippen molar-refractivity contribution < 1.29 is 0 Å². The fourth-order valence-corrected chi connectivity index (χ4v) is 2.99. The Kier molecular flexibility index (Phi) is 2.42. The maximum absolute atomic E-state index is 5.96. The van der Waals surface area contributed by atoms with Crippen LogP contribution in [0.2, 0.25) is 0 Å². The first-order chi connectivity index (χ1) is 6.33. The number of hydrogen-bond donors (Lipinski definition) is 1. The third-order valence-electron chi connectivity index (χ3n) is 2.47. The molecule has 2 N–H and O–H groups in total. The van der Waals surface area contributed by atoms with Gasteiger partial charge in [-0.05, 0) is 11.6 Å². The monoisotopic (exact) mass is 191 g/mol. The maximum atomic E-state index is 5.96. The molecule has 1 aliphatic heterocycles. The minimum Gasteiger partial charge on any atom is -0.324 e. The van der Waals surface area contributed by atoms with Gasteiger partial charge < -0.3 is 5.73 Å². The Hall–Kier alpha value is -0.730. The van der Waals surface area contributed by atoms with Crippen molar-refractivity contribution in [3.63, 3.8) is 0 Å². The first kappa shape index (κ1) is 8.85. The number of thioether (sulfide) groups is 1. The largest absolute Gasteiger partial charge is 0.324 e. The number of rotatable bonds is 2. The zero-order valence-corrected chi connectivity index (χ0v) is 8.26. The van der Waals surface area contributed by atoms with E-state index in [1.54, 1.807) is 0 Å². The maximum Gasteiger partial charge on any atom is 0.0299 e. The van der Waals surface area contributed by atoms with Crippen molar-refractivity contribution in [3.05, 3.63) is 42.5 Å². The Bertz CT molecular complexity index is 322. The van der Waals surface area contributed by atoms with Crippen LogP contribution in [0.15, 0.2) is 41.8 Å². The van der Waals surface area contributed by atoms with E-state index in [0.29, 0.717) is 5.92 Å². The summed E-state index contributed by atoms with van der Waals surface area (Å²) in [5, 5.41) is 0. The van der Waals surface area contributed by atoms with Crippen LogP contribution in [0.25, 0.3) is 0 Å². The molecule has 1 aromatic rings. The molecular formula is C11H13NS. The summed E-state index contributed by atoms with van der Waals surface area (Å²) < 4.78 is 0. The SMILES string of the molecule is C=CC(N)C1CSc2ccccc21. The van der Waals surface area contributed by atoms with E-state index < -0.39 is 0 Å². The van der Waals surface area contributed by atoms with Gasteiger partial charge in [-0.2, -0.15) is 0 Å². The van der Waals surface area contributed by atoms with Crippen LogP contribution in [0.5, 0.6) is 0 Å². The molecule has 0 amide bonds.